The van der Waals surface area contributed by atoms with E-state index >= 15 is 0 Å². The molecule has 15 atom stereocenters. The Labute approximate surface area is 449 Å². The van der Waals surface area contributed by atoms with Gasteiger partial charge in [-0.3, -0.25) is 19.2 Å². The molecule has 1 saturated carbocycles. The first-order valence-electron chi connectivity index (χ1n) is 27.4. The van der Waals surface area contributed by atoms with Gasteiger partial charge in [0.2, 0.25) is 5.79 Å². The molecule has 76 heavy (non-hydrogen) atoms. The second kappa shape index (κ2) is 29.6. The van der Waals surface area contributed by atoms with Gasteiger partial charge in [-0.15, -0.1) is 0 Å². The van der Waals surface area contributed by atoms with E-state index in [1.807, 2.05) is 58.1 Å². The Balaban J connectivity index is 1.40. The molecule has 2 amide bonds. The second-order valence-electron chi connectivity index (χ2n) is 21.8. The second-order valence-corrected chi connectivity index (χ2v) is 21.8. The van der Waals surface area contributed by atoms with Crippen molar-refractivity contribution in [2.45, 2.75) is 180 Å². The van der Waals surface area contributed by atoms with Crippen LogP contribution in [0, 0.1) is 35.5 Å². The van der Waals surface area contributed by atoms with Crippen LogP contribution in [0.2, 0.25) is 0 Å². The highest BCUT2D eigenvalue weighted by Crippen LogP contribution is 2.38. The number of H-pyrrole nitrogens is 1. The number of amides is 2. The summed E-state index contributed by atoms with van der Waals surface area (Å²) in [5, 5.41) is 29.4. The maximum Gasteiger partial charge on any atom is 0.407 e. The first-order valence-corrected chi connectivity index (χ1v) is 27.4. The van der Waals surface area contributed by atoms with E-state index in [2.05, 4.69) is 20.6 Å². The lowest BCUT2D eigenvalue weighted by Crippen LogP contribution is -2.61. The number of cyclic esters (lactones) is 1. The van der Waals surface area contributed by atoms with Gasteiger partial charge < -0.3 is 59.2 Å². The molecular weight excluding hydrogens is 979 g/mol. The first kappa shape index (κ1) is 61.8. The number of anilines is 1. The highest BCUT2D eigenvalue weighted by molar-refractivity contribution is 6.39. The molecule has 3 fully saturated rings. The molecule has 9 unspecified atom stereocenters. The van der Waals surface area contributed by atoms with Crippen LogP contribution in [0.1, 0.15) is 126 Å². The van der Waals surface area contributed by atoms with Gasteiger partial charge in [0.1, 0.15) is 36.2 Å². The summed E-state index contributed by atoms with van der Waals surface area (Å²) in [6, 6.07) is -1.18. The molecule has 2 saturated heterocycles. The highest BCUT2D eigenvalue weighted by Gasteiger charge is 2.53. The molecule has 0 aromatic carbocycles. The molecular formula is C57H87N5O14. The van der Waals surface area contributed by atoms with E-state index in [9.17, 15) is 39.0 Å². The normalized spacial score (nSPS) is 36.1. The number of aromatic nitrogens is 2. The van der Waals surface area contributed by atoms with Crippen LogP contribution >= 0.6 is 0 Å². The number of ketones is 3. The van der Waals surface area contributed by atoms with Gasteiger partial charge in [0, 0.05) is 84.0 Å². The number of ether oxygens (including phenoxy) is 6. The van der Waals surface area contributed by atoms with Crippen molar-refractivity contribution in [1.82, 2.24) is 20.2 Å². The van der Waals surface area contributed by atoms with Gasteiger partial charge in [-0.2, -0.15) is 0 Å². The van der Waals surface area contributed by atoms with Gasteiger partial charge in [-0.25, -0.2) is 14.6 Å². The fourth-order valence-electron chi connectivity index (χ4n) is 11.1. The van der Waals surface area contributed by atoms with Crippen molar-refractivity contribution in [3.05, 3.63) is 60.0 Å². The standard InChI is InChI=1S/C57H87N5O14/c1-34-16-12-11-13-17-35(2)46(71-8)32-42-21-19-40(7)57(70,76-42)52(66)53(67)62-27-15-14-18-43(62)54(68)74-47(33-44(63)36(3)29-39(6)50(65)51(73-10)49(64)38(5)28-34)37(4)30-41-20-22-45(48(31-41)72-9)75-56(69)61-26-25-60-55-58-23-24-59-55/h11-13,16-17,23-24,29,34,36-38,40-43,45-48,50-51,65,70H,14-15,18-22,25-28,30-33H2,1-10H3,(H,61,69)(H2,58,59,60)/b13-11+,16-12+,35-17+,39-29+/t34?,36?,37?,38-,40-,41?,42?,43+,45-,46?,47?,48?,50-,51?,57-/m1/s1. The predicted octanol–water partition coefficient (Wildman–Crippen LogP) is 6.75. The number of methoxy groups -OCH3 is 3. The molecule has 0 radical (unpaired) electrons. The summed E-state index contributed by atoms with van der Waals surface area (Å²) in [6.07, 6.45) is 13.3. The zero-order valence-corrected chi connectivity index (χ0v) is 46.5. The summed E-state index contributed by atoms with van der Waals surface area (Å²) in [5.41, 5.74) is 1.23. The molecule has 4 heterocycles. The lowest BCUT2D eigenvalue weighted by molar-refractivity contribution is -0.265. The molecule has 1 aromatic rings. The van der Waals surface area contributed by atoms with Gasteiger partial charge in [-0.05, 0) is 107 Å². The Hall–Kier alpha value is -5.05. The Morgan fingerprint density at radius 1 is 0.908 bits per heavy atom. The minimum atomic E-state index is -2.46. The Morgan fingerprint density at radius 3 is 2.37 bits per heavy atom. The van der Waals surface area contributed by atoms with E-state index in [1.165, 1.54) is 12.0 Å². The number of rotatable bonds is 11. The number of nitrogens with zero attached hydrogens (tertiary/aromatic N) is 2. The number of hydrogen-bond donors (Lipinski definition) is 5. The van der Waals surface area contributed by atoms with Crippen LogP contribution in [0.5, 0.6) is 0 Å². The maximum absolute atomic E-state index is 14.6. The molecule has 424 valence electrons. The lowest BCUT2D eigenvalue weighted by atomic mass is 9.78. The topological polar surface area (TPSA) is 254 Å². The fraction of sp³-hybridized carbons (Fsp3) is 0.702. The SMILES string of the molecule is COC1CC2CC[C@@H](C)[C@@](O)(O2)C(=O)C(=O)N2CCCC[C@H]2C(=O)OC(C(C)CC2CC[C@@H](OC(=O)NCCNc3ncc[nH]3)C(OC)C2)CC(=O)C(C)/C=C(\C)[C@@H](O)C(OC)C(=O)[C@H](C)CC(C)/C=C/C=C/C=C/1C. The summed E-state index contributed by atoms with van der Waals surface area (Å²) < 4.78 is 35.6. The van der Waals surface area contributed by atoms with E-state index in [0.29, 0.717) is 88.8 Å². The van der Waals surface area contributed by atoms with Crippen molar-refractivity contribution in [2.75, 3.05) is 46.3 Å². The number of carbonyl (C=O) groups is 6. The molecule has 1 aliphatic carbocycles. The lowest BCUT2D eigenvalue weighted by Gasteiger charge is -2.42. The average Bonchev–Trinajstić information content (AvgIpc) is 3.93. The molecule has 0 spiro atoms. The average molecular weight is 1070 g/mol. The predicted molar refractivity (Wildman–Crippen MR) is 284 cm³/mol. The molecule has 1 aromatic heterocycles. The third-order valence-corrected chi connectivity index (χ3v) is 15.9. The van der Waals surface area contributed by atoms with Gasteiger partial charge in [0.05, 0.1) is 18.3 Å². The van der Waals surface area contributed by atoms with Gasteiger partial charge in [0.15, 0.2) is 11.7 Å². The highest BCUT2D eigenvalue weighted by atomic mass is 16.6. The number of alkyl carbamates (subject to hydrolysis) is 1. The van der Waals surface area contributed by atoms with Gasteiger partial charge in [-0.1, -0.05) is 71.1 Å². The number of esters is 1. The molecule has 3 aliphatic heterocycles. The van der Waals surface area contributed by atoms with Gasteiger partial charge in [0.25, 0.3) is 11.7 Å². The Morgan fingerprint density at radius 2 is 1.67 bits per heavy atom. The van der Waals surface area contributed by atoms with Crippen LogP contribution in [0.3, 0.4) is 0 Å². The molecule has 4 aliphatic rings. The quantitative estimate of drug-likeness (QED) is 0.0665. The van der Waals surface area contributed by atoms with Crippen LogP contribution in [0.25, 0.3) is 0 Å². The zero-order valence-electron chi connectivity index (χ0n) is 46.5. The first-order chi connectivity index (χ1) is 36.2. The monoisotopic (exact) mass is 1070 g/mol. The number of piperidine rings is 1. The van der Waals surface area contributed by atoms with E-state index in [-0.39, 0.29) is 42.8 Å². The van der Waals surface area contributed by atoms with Crippen molar-refractivity contribution in [3.8, 4) is 0 Å². The summed E-state index contributed by atoms with van der Waals surface area (Å²) in [6.45, 7) is 13.4. The minimum absolute atomic E-state index is 0.000669. The third kappa shape index (κ3) is 17.0. The Kier molecular flexibility index (Phi) is 24.1. The van der Waals surface area contributed by atoms with Crippen molar-refractivity contribution in [2.24, 2.45) is 35.5 Å². The van der Waals surface area contributed by atoms with E-state index in [0.717, 1.165) is 5.57 Å². The van der Waals surface area contributed by atoms with Crippen LogP contribution in [-0.2, 0) is 52.4 Å². The van der Waals surface area contributed by atoms with Crippen molar-refractivity contribution >= 4 is 41.3 Å². The van der Waals surface area contributed by atoms with Crippen molar-refractivity contribution in [3.63, 3.8) is 0 Å². The van der Waals surface area contributed by atoms with Crippen LogP contribution in [0.15, 0.2) is 60.0 Å². The molecule has 5 N–H and O–H groups in total. The van der Waals surface area contributed by atoms with E-state index < -0.39 is 102 Å². The van der Waals surface area contributed by atoms with Crippen molar-refractivity contribution in [1.29, 1.82) is 0 Å². The zero-order chi connectivity index (χ0) is 55.7. The Bertz CT molecular complexity index is 2210. The number of aliphatic hydroxyl groups excluding tert-OH is 1. The van der Waals surface area contributed by atoms with E-state index in [4.69, 9.17) is 28.4 Å². The van der Waals surface area contributed by atoms with Gasteiger partial charge >= 0.3 is 12.1 Å². The van der Waals surface area contributed by atoms with Crippen LogP contribution < -0.4 is 10.6 Å². The summed E-state index contributed by atoms with van der Waals surface area (Å²) >= 11 is 0. The van der Waals surface area contributed by atoms with Crippen LogP contribution in [0.4, 0.5) is 10.7 Å². The number of allylic oxidation sites excluding steroid dienone is 6. The summed E-state index contributed by atoms with van der Waals surface area (Å²) in [5.74, 6) is -7.79. The number of imidazole rings is 1. The number of aliphatic hydroxyl groups is 2. The number of Topliss-reactive ketones (excluding diaryl/α,β-unsaturated/α-hetero) is 3. The summed E-state index contributed by atoms with van der Waals surface area (Å²) in [7, 11) is 4.51. The fourth-order valence-corrected chi connectivity index (χ4v) is 11.1. The maximum atomic E-state index is 14.6. The smallest absolute Gasteiger partial charge is 0.407 e. The van der Waals surface area contributed by atoms with Crippen molar-refractivity contribution < 1.29 is 67.4 Å². The largest absolute Gasteiger partial charge is 0.460 e. The number of nitrogens with one attached hydrogen (secondary N) is 3. The molecule has 19 heteroatoms. The number of carbonyl (C=O) groups excluding carboxylic acids is 6. The number of fused-ring (bicyclic) bond motifs is 3. The van der Waals surface area contributed by atoms with E-state index in [1.54, 1.807) is 53.5 Å². The molecule has 19 nitrogen and oxygen atoms in total. The van der Waals surface area contributed by atoms with Crippen LogP contribution in [-0.4, -0.2) is 156 Å². The number of aromatic amines is 1. The molecule has 2 bridgehead atoms. The summed E-state index contributed by atoms with van der Waals surface area (Å²) in [4.78, 5) is 92.5. The molecule has 5 rings (SSSR count). The minimum Gasteiger partial charge on any atom is -0.460 e. The number of hydrogen-bond acceptors (Lipinski definition) is 16. The third-order valence-electron chi connectivity index (χ3n) is 15.9.